The van der Waals surface area contributed by atoms with E-state index in [1.54, 1.807) is 31.1 Å². The average Bonchev–Trinajstić information content (AvgIpc) is 2.39. The Morgan fingerprint density at radius 3 is 2.84 bits per heavy atom. The number of anilines is 1. The van der Waals surface area contributed by atoms with E-state index < -0.39 is 0 Å². The third-order valence-corrected chi connectivity index (χ3v) is 3.74. The van der Waals surface area contributed by atoms with Gasteiger partial charge in [-0.05, 0) is 23.8 Å². The van der Waals surface area contributed by atoms with Crippen LogP contribution in [0, 0.1) is 0 Å². The first-order valence-electron chi connectivity index (χ1n) is 5.66. The van der Waals surface area contributed by atoms with E-state index in [0.29, 0.717) is 22.3 Å². The highest BCUT2D eigenvalue weighted by molar-refractivity contribution is 7.97. The molecule has 0 amide bonds. The van der Waals surface area contributed by atoms with Crippen LogP contribution in [0.15, 0.2) is 30.5 Å². The first-order valence-corrected chi connectivity index (χ1v) is 7.20. The fourth-order valence-electron chi connectivity index (χ4n) is 1.54. The zero-order chi connectivity index (χ0) is 13.7. The van der Waals surface area contributed by atoms with Crippen molar-refractivity contribution in [2.45, 2.75) is 11.5 Å². The van der Waals surface area contributed by atoms with Gasteiger partial charge in [-0.1, -0.05) is 17.7 Å². The van der Waals surface area contributed by atoms with Gasteiger partial charge in [0, 0.05) is 11.9 Å². The fraction of sp³-hybridized carbons (Fsp3) is 0.231. The van der Waals surface area contributed by atoms with Crippen LogP contribution in [-0.2, 0) is 11.5 Å². The molecule has 2 aromatic rings. The Kier molecular flexibility index (Phi) is 4.87. The maximum absolute atomic E-state index is 6.07. The number of nitrogens with two attached hydrogens (primary N) is 1. The van der Waals surface area contributed by atoms with Crippen molar-refractivity contribution in [2.24, 2.45) is 0 Å². The second kappa shape index (κ2) is 6.63. The molecule has 0 aliphatic rings. The lowest BCUT2D eigenvalue weighted by Crippen LogP contribution is -1.97. The van der Waals surface area contributed by atoms with Crippen LogP contribution in [0.5, 0.6) is 5.75 Å². The van der Waals surface area contributed by atoms with E-state index in [1.807, 2.05) is 18.2 Å². The van der Waals surface area contributed by atoms with Crippen molar-refractivity contribution in [1.29, 1.82) is 0 Å². The summed E-state index contributed by atoms with van der Waals surface area (Å²) in [5.74, 6) is 3.48. The summed E-state index contributed by atoms with van der Waals surface area (Å²) < 4.78 is 5.11. The van der Waals surface area contributed by atoms with Gasteiger partial charge in [0.25, 0.3) is 0 Å². The lowest BCUT2D eigenvalue weighted by Gasteiger charge is -2.06. The smallest absolute Gasteiger partial charge is 0.140 e. The molecule has 0 saturated carbocycles. The van der Waals surface area contributed by atoms with Crippen molar-refractivity contribution in [2.75, 3.05) is 12.8 Å². The summed E-state index contributed by atoms with van der Waals surface area (Å²) >= 11 is 7.78. The van der Waals surface area contributed by atoms with Crippen molar-refractivity contribution < 1.29 is 4.74 Å². The normalized spacial score (nSPS) is 10.4. The monoisotopic (exact) mass is 295 g/mol. The van der Waals surface area contributed by atoms with Crippen LogP contribution >= 0.6 is 23.4 Å². The van der Waals surface area contributed by atoms with Gasteiger partial charge in [-0.15, -0.1) is 11.8 Å². The van der Waals surface area contributed by atoms with E-state index >= 15 is 0 Å². The Hall–Kier alpha value is -1.46. The molecule has 0 unspecified atom stereocenters. The highest BCUT2D eigenvalue weighted by atomic mass is 35.5. The molecule has 2 N–H and O–H groups in total. The van der Waals surface area contributed by atoms with Gasteiger partial charge in [-0.3, -0.25) is 0 Å². The molecule has 0 aliphatic heterocycles. The lowest BCUT2D eigenvalue weighted by atomic mass is 10.2. The van der Waals surface area contributed by atoms with Gasteiger partial charge in [-0.25, -0.2) is 9.97 Å². The molecule has 0 radical (unpaired) electrons. The maximum atomic E-state index is 6.07. The summed E-state index contributed by atoms with van der Waals surface area (Å²) in [5, 5.41) is 0.626. The van der Waals surface area contributed by atoms with Crippen LogP contribution in [0.1, 0.15) is 11.4 Å². The Morgan fingerprint density at radius 1 is 1.32 bits per heavy atom. The molecule has 1 aromatic carbocycles. The summed E-state index contributed by atoms with van der Waals surface area (Å²) in [6, 6.07) is 7.46. The number of hydrogen-bond donors (Lipinski definition) is 1. The number of rotatable bonds is 5. The van der Waals surface area contributed by atoms with E-state index in [2.05, 4.69) is 9.97 Å². The van der Waals surface area contributed by atoms with Crippen LogP contribution in [0.2, 0.25) is 5.02 Å². The molecule has 0 aliphatic carbocycles. The van der Waals surface area contributed by atoms with Crippen LogP contribution in [0.3, 0.4) is 0 Å². The zero-order valence-corrected chi connectivity index (χ0v) is 12.0. The minimum absolute atomic E-state index is 0.498. The van der Waals surface area contributed by atoms with E-state index in [4.69, 9.17) is 22.1 Å². The van der Waals surface area contributed by atoms with E-state index in [-0.39, 0.29) is 0 Å². The molecular formula is C13H14ClN3OS. The SMILES string of the molecule is COc1ccc(CSCc2nccc(N)n2)cc1Cl. The van der Waals surface area contributed by atoms with E-state index in [1.165, 1.54) is 0 Å². The van der Waals surface area contributed by atoms with Gasteiger partial charge in [0.15, 0.2) is 0 Å². The van der Waals surface area contributed by atoms with Crippen molar-refractivity contribution in [3.05, 3.63) is 46.9 Å². The predicted molar refractivity (Wildman–Crippen MR) is 79.4 cm³/mol. The first-order chi connectivity index (χ1) is 9.19. The number of thioether (sulfide) groups is 1. The minimum atomic E-state index is 0.498. The maximum Gasteiger partial charge on any atom is 0.140 e. The van der Waals surface area contributed by atoms with Crippen LogP contribution in [-0.4, -0.2) is 17.1 Å². The molecule has 1 aromatic heterocycles. The molecule has 0 bridgehead atoms. The van der Waals surface area contributed by atoms with Gasteiger partial charge >= 0.3 is 0 Å². The number of aromatic nitrogens is 2. The molecule has 6 heteroatoms. The third-order valence-electron chi connectivity index (χ3n) is 2.44. The molecule has 19 heavy (non-hydrogen) atoms. The number of benzene rings is 1. The summed E-state index contributed by atoms with van der Waals surface area (Å²) in [6.07, 6.45) is 1.67. The molecule has 0 fully saturated rings. The Bertz CT molecular complexity index is 565. The number of ether oxygens (including phenoxy) is 1. The topological polar surface area (TPSA) is 61.0 Å². The average molecular weight is 296 g/mol. The van der Waals surface area contributed by atoms with Crippen molar-refractivity contribution in [3.63, 3.8) is 0 Å². The Labute approximate surface area is 121 Å². The van der Waals surface area contributed by atoms with E-state index in [9.17, 15) is 0 Å². The predicted octanol–water partition coefficient (Wildman–Crippen LogP) is 3.15. The number of halogens is 1. The number of methoxy groups -OCH3 is 1. The van der Waals surface area contributed by atoms with Gasteiger partial charge in [0.1, 0.15) is 17.4 Å². The largest absolute Gasteiger partial charge is 0.495 e. The lowest BCUT2D eigenvalue weighted by molar-refractivity contribution is 0.415. The summed E-state index contributed by atoms with van der Waals surface area (Å²) in [4.78, 5) is 8.31. The van der Waals surface area contributed by atoms with Gasteiger partial charge in [0.05, 0.1) is 17.9 Å². The van der Waals surface area contributed by atoms with Gasteiger partial charge in [0.2, 0.25) is 0 Å². The third kappa shape index (κ3) is 4.01. The van der Waals surface area contributed by atoms with Crippen LogP contribution in [0.4, 0.5) is 5.82 Å². The van der Waals surface area contributed by atoms with Gasteiger partial charge in [-0.2, -0.15) is 0 Å². The molecule has 0 saturated heterocycles. The summed E-state index contributed by atoms with van der Waals surface area (Å²) in [6.45, 7) is 0. The van der Waals surface area contributed by atoms with Crippen molar-refractivity contribution in [3.8, 4) is 5.75 Å². The summed E-state index contributed by atoms with van der Waals surface area (Å²) in [5.41, 5.74) is 6.74. The number of hydrogen-bond acceptors (Lipinski definition) is 5. The standard InChI is InChI=1S/C13H14ClN3OS/c1-18-11-3-2-9(6-10(11)14)7-19-8-13-16-5-4-12(15)17-13/h2-6H,7-8H2,1H3,(H2,15,16,17). The quantitative estimate of drug-likeness (QED) is 0.918. The molecule has 0 spiro atoms. The van der Waals surface area contributed by atoms with E-state index in [0.717, 1.165) is 17.1 Å². The van der Waals surface area contributed by atoms with Crippen molar-refractivity contribution >= 4 is 29.2 Å². The highest BCUT2D eigenvalue weighted by Gasteiger charge is 2.03. The Morgan fingerprint density at radius 2 is 2.16 bits per heavy atom. The van der Waals surface area contributed by atoms with Crippen molar-refractivity contribution in [1.82, 2.24) is 9.97 Å². The molecule has 1 heterocycles. The Balaban J connectivity index is 1.90. The number of nitrogens with zero attached hydrogens (tertiary/aromatic N) is 2. The second-order valence-electron chi connectivity index (χ2n) is 3.86. The molecule has 100 valence electrons. The first kappa shape index (κ1) is 14.0. The van der Waals surface area contributed by atoms with Gasteiger partial charge < -0.3 is 10.5 Å². The molecule has 2 rings (SSSR count). The fourth-order valence-corrected chi connectivity index (χ4v) is 2.66. The molecule has 4 nitrogen and oxygen atoms in total. The number of nitrogen functional groups attached to an aromatic ring is 1. The highest BCUT2D eigenvalue weighted by Crippen LogP contribution is 2.27. The second-order valence-corrected chi connectivity index (χ2v) is 5.25. The molecular weight excluding hydrogens is 282 g/mol. The minimum Gasteiger partial charge on any atom is -0.495 e. The van der Waals surface area contributed by atoms with Crippen LogP contribution < -0.4 is 10.5 Å². The zero-order valence-electron chi connectivity index (χ0n) is 10.5. The van der Waals surface area contributed by atoms with Crippen LogP contribution in [0.25, 0.3) is 0 Å². The summed E-state index contributed by atoms with van der Waals surface area (Å²) in [7, 11) is 1.60. The molecule has 0 atom stereocenters.